The van der Waals surface area contributed by atoms with Crippen LogP contribution < -0.4 is 0 Å². The monoisotopic (exact) mass is 520 g/mol. The SMILES string of the molecule is CCCCCCCCCC(=O)O.COCCOCC(=O)O.[Ag].[Ag]. The quantitative estimate of drug-likeness (QED) is 0.286. The first-order valence-corrected chi connectivity index (χ1v) is 7.54. The van der Waals surface area contributed by atoms with Gasteiger partial charge in [-0.3, -0.25) is 4.79 Å². The van der Waals surface area contributed by atoms with Crippen molar-refractivity contribution in [3.63, 3.8) is 0 Å². The minimum Gasteiger partial charge on any atom is -0.481 e. The molecule has 0 unspecified atom stereocenters. The third-order valence-electron chi connectivity index (χ3n) is 2.65. The van der Waals surface area contributed by atoms with E-state index in [1.54, 1.807) is 0 Å². The number of ether oxygens (including phenoxy) is 2. The molecule has 0 aliphatic heterocycles. The first-order valence-electron chi connectivity index (χ1n) is 7.54. The number of carboxylic acid groups (broad SMARTS) is 2. The molecule has 148 valence electrons. The molecular formula is C15H30Ag2O6. The molecule has 0 amide bonds. The second kappa shape index (κ2) is 27.2. The average Bonchev–Trinajstić information content (AvgIpc) is 2.43. The van der Waals surface area contributed by atoms with Crippen molar-refractivity contribution >= 4 is 11.9 Å². The Bertz CT molecular complexity index is 252. The Balaban J connectivity index is -0.000000149. The van der Waals surface area contributed by atoms with E-state index in [0.717, 1.165) is 12.8 Å². The number of carbonyl (C=O) groups is 2. The van der Waals surface area contributed by atoms with E-state index in [4.69, 9.17) is 10.2 Å². The van der Waals surface area contributed by atoms with Gasteiger partial charge in [-0.25, -0.2) is 4.79 Å². The molecule has 8 heteroatoms. The number of rotatable bonds is 13. The van der Waals surface area contributed by atoms with E-state index in [0.29, 0.717) is 19.6 Å². The van der Waals surface area contributed by atoms with Crippen LogP contribution in [0, 0.1) is 0 Å². The van der Waals surface area contributed by atoms with E-state index in [-0.39, 0.29) is 51.4 Å². The molecule has 0 aromatic rings. The largest absolute Gasteiger partial charge is 0.481 e. The summed E-state index contributed by atoms with van der Waals surface area (Å²) in [7, 11) is 1.53. The van der Waals surface area contributed by atoms with Crippen LogP contribution in [0.5, 0.6) is 0 Å². The summed E-state index contributed by atoms with van der Waals surface area (Å²) in [6.07, 6.45) is 8.64. The van der Waals surface area contributed by atoms with E-state index in [2.05, 4.69) is 16.4 Å². The summed E-state index contributed by atoms with van der Waals surface area (Å²) in [6.45, 7) is 2.73. The molecule has 0 saturated heterocycles. The van der Waals surface area contributed by atoms with Gasteiger partial charge in [0, 0.05) is 58.3 Å². The molecule has 6 nitrogen and oxygen atoms in total. The molecule has 0 fully saturated rings. The van der Waals surface area contributed by atoms with Gasteiger partial charge in [-0.15, -0.1) is 0 Å². The molecule has 23 heavy (non-hydrogen) atoms. The molecule has 0 aliphatic carbocycles. The van der Waals surface area contributed by atoms with Gasteiger partial charge in [-0.05, 0) is 6.42 Å². The van der Waals surface area contributed by atoms with Crippen molar-refractivity contribution in [2.45, 2.75) is 58.3 Å². The third-order valence-corrected chi connectivity index (χ3v) is 2.65. The van der Waals surface area contributed by atoms with Crippen LogP contribution in [-0.4, -0.2) is 49.1 Å². The molecule has 0 aliphatic rings. The van der Waals surface area contributed by atoms with E-state index >= 15 is 0 Å². The molecule has 0 rings (SSSR count). The van der Waals surface area contributed by atoms with Crippen LogP contribution in [-0.2, 0) is 63.8 Å². The summed E-state index contributed by atoms with van der Waals surface area (Å²) >= 11 is 0. The van der Waals surface area contributed by atoms with E-state index in [1.165, 1.54) is 39.2 Å². The van der Waals surface area contributed by atoms with E-state index in [1.807, 2.05) is 0 Å². The van der Waals surface area contributed by atoms with Crippen molar-refractivity contribution < 1.29 is 74.0 Å². The number of aliphatic carboxylic acids is 2. The van der Waals surface area contributed by atoms with Gasteiger partial charge in [0.15, 0.2) is 0 Å². The van der Waals surface area contributed by atoms with Crippen LogP contribution in [0.4, 0.5) is 0 Å². The van der Waals surface area contributed by atoms with Gasteiger partial charge >= 0.3 is 11.9 Å². The molecule has 0 aromatic carbocycles. The maximum absolute atomic E-state index is 10.1. The molecule has 2 N–H and O–H groups in total. The summed E-state index contributed by atoms with van der Waals surface area (Å²) in [5, 5.41) is 16.4. The second-order valence-corrected chi connectivity index (χ2v) is 4.70. The number of methoxy groups -OCH3 is 1. The predicted molar refractivity (Wildman–Crippen MR) is 80.6 cm³/mol. The van der Waals surface area contributed by atoms with Crippen LogP contribution in [0.1, 0.15) is 58.3 Å². The number of carboxylic acids is 2. The van der Waals surface area contributed by atoms with Crippen LogP contribution >= 0.6 is 0 Å². The Morgan fingerprint density at radius 1 is 0.826 bits per heavy atom. The van der Waals surface area contributed by atoms with Gasteiger partial charge < -0.3 is 19.7 Å². The Labute approximate surface area is 170 Å². The zero-order valence-electron chi connectivity index (χ0n) is 13.9. The summed E-state index contributed by atoms with van der Waals surface area (Å²) in [4.78, 5) is 19.9. The molecule has 0 aromatic heterocycles. The topological polar surface area (TPSA) is 93.1 Å². The van der Waals surface area contributed by atoms with Crippen molar-refractivity contribution in [2.75, 3.05) is 26.9 Å². The summed E-state index contributed by atoms with van der Waals surface area (Å²) in [5.74, 6) is -1.62. The zero-order valence-corrected chi connectivity index (χ0v) is 16.9. The zero-order chi connectivity index (χ0) is 16.3. The fourth-order valence-corrected chi connectivity index (χ4v) is 1.54. The Hall–Kier alpha value is 0.341. The Morgan fingerprint density at radius 3 is 1.78 bits per heavy atom. The first kappa shape index (κ1) is 31.1. The van der Waals surface area contributed by atoms with Crippen LogP contribution in [0.2, 0.25) is 0 Å². The van der Waals surface area contributed by atoms with Crippen LogP contribution in [0.25, 0.3) is 0 Å². The first-order chi connectivity index (χ1) is 10.0. The molecule has 0 bridgehead atoms. The smallest absolute Gasteiger partial charge is 0.329 e. The van der Waals surface area contributed by atoms with Crippen molar-refractivity contribution in [1.82, 2.24) is 0 Å². The number of unbranched alkanes of at least 4 members (excludes halogenated alkanes) is 6. The van der Waals surface area contributed by atoms with Crippen LogP contribution in [0.15, 0.2) is 0 Å². The normalized spacial score (nSPS) is 8.96. The van der Waals surface area contributed by atoms with Gasteiger partial charge in [-0.1, -0.05) is 45.4 Å². The van der Waals surface area contributed by atoms with E-state index < -0.39 is 11.9 Å². The fourth-order valence-electron chi connectivity index (χ4n) is 1.54. The van der Waals surface area contributed by atoms with Gasteiger partial charge in [-0.2, -0.15) is 0 Å². The average molecular weight is 522 g/mol. The summed E-state index contributed by atoms with van der Waals surface area (Å²) in [6, 6.07) is 0. The van der Waals surface area contributed by atoms with Gasteiger partial charge in [0.1, 0.15) is 6.61 Å². The predicted octanol–water partition coefficient (Wildman–Crippen LogP) is 2.94. The Morgan fingerprint density at radius 2 is 1.35 bits per heavy atom. The van der Waals surface area contributed by atoms with Crippen molar-refractivity contribution in [3.8, 4) is 0 Å². The summed E-state index contributed by atoms with van der Waals surface area (Å²) < 4.78 is 9.22. The van der Waals surface area contributed by atoms with E-state index in [9.17, 15) is 9.59 Å². The molecular weight excluding hydrogens is 492 g/mol. The second-order valence-electron chi connectivity index (χ2n) is 4.70. The number of hydrogen-bond acceptors (Lipinski definition) is 4. The van der Waals surface area contributed by atoms with Crippen molar-refractivity contribution in [3.05, 3.63) is 0 Å². The molecule has 2 radical (unpaired) electrons. The summed E-state index contributed by atoms with van der Waals surface area (Å²) in [5.41, 5.74) is 0. The molecule has 0 saturated carbocycles. The minimum absolute atomic E-state index is 0. The minimum atomic E-state index is -0.953. The van der Waals surface area contributed by atoms with Gasteiger partial charge in [0.05, 0.1) is 13.2 Å². The maximum Gasteiger partial charge on any atom is 0.329 e. The van der Waals surface area contributed by atoms with Crippen LogP contribution in [0.3, 0.4) is 0 Å². The van der Waals surface area contributed by atoms with Crippen molar-refractivity contribution in [2.24, 2.45) is 0 Å². The maximum atomic E-state index is 10.1. The fraction of sp³-hybridized carbons (Fsp3) is 0.867. The number of hydrogen-bond donors (Lipinski definition) is 2. The standard InChI is InChI=1S/C10H20O2.C5H10O4.2Ag/c1-2-3-4-5-6-7-8-9-10(11)12;1-8-2-3-9-4-5(6)7;;/h2-9H2,1H3,(H,11,12);2-4H2,1H3,(H,6,7);;. The van der Waals surface area contributed by atoms with Crippen molar-refractivity contribution in [1.29, 1.82) is 0 Å². The Kier molecular flexibility index (Phi) is 36.8. The molecule has 0 atom stereocenters. The van der Waals surface area contributed by atoms with Gasteiger partial charge in [0.25, 0.3) is 0 Å². The molecule has 0 spiro atoms. The molecule has 0 heterocycles. The third kappa shape index (κ3) is 39.3. The van der Waals surface area contributed by atoms with Gasteiger partial charge in [0.2, 0.25) is 0 Å².